The molecule has 0 amide bonds. The van der Waals surface area contributed by atoms with Crippen LogP contribution in [-0.2, 0) is 0 Å². The van der Waals surface area contributed by atoms with Crippen molar-refractivity contribution in [2.24, 2.45) is 5.73 Å². The Bertz CT molecular complexity index is 312. The van der Waals surface area contributed by atoms with Gasteiger partial charge < -0.3 is 11.1 Å². The lowest BCUT2D eigenvalue weighted by atomic mass is 9.91. The molecule has 1 aliphatic heterocycles. The van der Waals surface area contributed by atoms with Crippen LogP contribution in [0.1, 0.15) is 17.9 Å². The summed E-state index contributed by atoms with van der Waals surface area (Å²) in [5.41, 5.74) is 7.28. The topological polar surface area (TPSA) is 38.0 Å². The second-order valence-electron chi connectivity index (χ2n) is 3.35. The number of anilines is 1. The highest BCUT2D eigenvalue weighted by Crippen LogP contribution is 2.32. The number of halogens is 1. The van der Waals surface area contributed by atoms with E-state index in [2.05, 4.69) is 5.32 Å². The quantitative estimate of drug-likeness (QED) is 0.690. The molecule has 1 heterocycles. The predicted octanol–water partition coefficient (Wildman–Crippen LogP) is 1.68. The van der Waals surface area contributed by atoms with Crippen LogP contribution in [0.4, 0.5) is 10.1 Å². The Labute approximate surface area is 76.9 Å². The third-order valence-corrected chi connectivity index (χ3v) is 2.56. The maximum atomic E-state index is 13.3. The first-order valence-electron chi connectivity index (χ1n) is 4.55. The van der Waals surface area contributed by atoms with E-state index >= 15 is 0 Å². The SMILES string of the molecule is NCC1CCNc2c(F)cccc21. The number of nitrogens with one attached hydrogen (secondary N) is 1. The third kappa shape index (κ3) is 1.40. The normalized spacial score (nSPS) is 20.6. The van der Waals surface area contributed by atoms with Crippen LogP contribution in [0.25, 0.3) is 0 Å². The van der Waals surface area contributed by atoms with Gasteiger partial charge in [0.1, 0.15) is 5.82 Å². The summed E-state index contributed by atoms with van der Waals surface area (Å²) in [5.74, 6) is 0.141. The van der Waals surface area contributed by atoms with Crippen LogP contribution in [0.5, 0.6) is 0 Å². The van der Waals surface area contributed by atoms with E-state index in [-0.39, 0.29) is 5.82 Å². The van der Waals surface area contributed by atoms with Gasteiger partial charge in [-0.05, 0) is 30.5 Å². The molecule has 2 nitrogen and oxygen atoms in total. The molecule has 1 unspecified atom stereocenters. The molecular weight excluding hydrogens is 167 g/mol. The van der Waals surface area contributed by atoms with Gasteiger partial charge in [0.05, 0.1) is 5.69 Å². The number of hydrogen-bond acceptors (Lipinski definition) is 2. The molecule has 0 aliphatic carbocycles. The van der Waals surface area contributed by atoms with Crippen molar-refractivity contribution < 1.29 is 4.39 Å². The van der Waals surface area contributed by atoms with Crippen LogP contribution in [0.2, 0.25) is 0 Å². The van der Waals surface area contributed by atoms with Gasteiger partial charge in [0, 0.05) is 6.54 Å². The fraction of sp³-hybridized carbons (Fsp3) is 0.400. The van der Waals surface area contributed by atoms with Gasteiger partial charge in [-0.1, -0.05) is 12.1 Å². The first-order chi connectivity index (χ1) is 6.33. The van der Waals surface area contributed by atoms with E-state index in [9.17, 15) is 4.39 Å². The number of hydrogen-bond donors (Lipinski definition) is 2. The van der Waals surface area contributed by atoms with E-state index in [4.69, 9.17) is 5.73 Å². The standard InChI is InChI=1S/C10H13FN2/c11-9-3-1-2-8-7(6-12)4-5-13-10(8)9/h1-3,7,13H,4-6,12H2. The van der Waals surface area contributed by atoms with E-state index < -0.39 is 0 Å². The van der Waals surface area contributed by atoms with Gasteiger partial charge in [0.25, 0.3) is 0 Å². The van der Waals surface area contributed by atoms with Gasteiger partial charge in [-0.2, -0.15) is 0 Å². The molecule has 13 heavy (non-hydrogen) atoms. The third-order valence-electron chi connectivity index (χ3n) is 2.56. The second kappa shape index (κ2) is 3.34. The van der Waals surface area contributed by atoms with Crippen LogP contribution < -0.4 is 11.1 Å². The van der Waals surface area contributed by atoms with Gasteiger partial charge >= 0.3 is 0 Å². The molecule has 0 saturated heterocycles. The minimum atomic E-state index is -0.171. The molecule has 0 aromatic heterocycles. The number of benzene rings is 1. The lowest BCUT2D eigenvalue weighted by molar-refractivity contribution is 0.595. The van der Waals surface area contributed by atoms with E-state index in [1.54, 1.807) is 6.07 Å². The van der Waals surface area contributed by atoms with Crippen molar-refractivity contribution in [3.63, 3.8) is 0 Å². The number of nitrogens with two attached hydrogens (primary N) is 1. The summed E-state index contributed by atoms with van der Waals surface area (Å²) in [6, 6.07) is 5.16. The van der Waals surface area contributed by atoms with Crippen molar-refractivity contribution >= 4 is 5.69 Å². The van der Waals surface area contributed by atoms with Crippen LogP contribution in [0.3, 0.4) is 0 Å². The largest absolute Gasteiger partial charge is 0.382 e. The molecule has 1 aromatic rings. The Balaban J connectivity index is 2.45. The fourth-order valence-corrected chi connectivity index (χ4v) is 1.84. The number of fused-ring (bicyclic) bond motifs is 1. The zero-order valence-electron chi connectivity index (χ0n) is 7.39. The summed E-state index contributed by atoms with van der Waals surface area (Å²) in [5, 5.41) is 3.06. The summed E-state index contributed by atoms with van der Waals surface area (Å²) in [4.78, 5) is 0. The number of rotatable bonds is 1. The van der Waals surface area contributed by atoms with Gasteiger partial charge in [0.15, 0.2) is 0 Å². The predicted molar refractivity (Wildman–Crippen MR) is 51.3 cm³/mol. The highest BCUT2D eigenvalue weighted by atomic mass is 19.1. The maximum absolute atomic E-state index is 13.3. The average Bonchev–Trinajstić information content (AvgIpc) is 2.18. The molecule has 3 heteroatoms. The lowest BCUT2D eigenvalue weighted by Gasteiger charge is -2.25. The lowest BCUT2D eigenvalue weighted by Crippen LogP contribution is -2.23. The Hall–Kier alpha value is -1.09. The summed E-state index contributed by atoms with van der Waals surface area (Å²) in [6.45, 7) is 1.41. The Morgan fingerprint density at radius 1 is 1.54 bits per heavy atom. The van der Waals surface area contributed by atoms with E-state index in [1.165, 1.54) is 6.07 Å². The van der Waals surface area contributed by atoms with Crippen molar-refractivity contribution in [3.05, 3.63) is 29.6 Å². The van der Waals surface area contributed by atoms with Crippen molar-refractivity contribution in [3.8, 4) is 0 Å². The van der Waals surface area contributed by atoms with Crippen molar-refractivity contribution in [1.82, 2.24) is 0 Å². The molecule has 2 rings (SSSR count). The molecule has 1 atom stereocenters. The van der Waals surface area contributed by atoms with E-state index in [1.807, 2.05) is 6.07 Å². The minimum Gasteiger partial charge on any atom is -0.382 e. The van der Waals surface area contributed by atoms with E-state index in [0.29, 0.717) is 18.2 Å². The molecule has 70 valence electrons. The molecule has 0 bridgehead atoms. The molecule has 1 aliphatic rings. The molecule has 0 spiro atoms. The van der Waals surface area contributed by atoms with Crippen LogP contribution in [-0.4, -0.2) is 13.1 Å². The van der Waals surface area contributed by atoms with Crippen LogP contribution >= 0.6 is 0 Å². The number of para-hydroxylation sites is 1. The second-order valence-corrected chi connectivity index (χ2v) is 3.35. The summed E-state index contributed by atoms with van der Waals surface area (Å²) in [6.07, 6.45) is 0.993. The van der Waals surface area contributed by atoms with E-state index in [0.717, 1.165) is 18.5 Å². The monoisotopic (exact) mass is 180 g/mol. The first-order valence-corrected chi connectivity index (χ1v) is 4.55. The molecule has 3 N–H and O–H groups in total. The maximum Gasteiger partial charge on any atom is 0.146 e. The Kier molecular flexibility index (Phi) is 2.19. The van der Waals surface area contributed by atoms with Gasteiger partial charge in [0.2, 0.25) is 0 Å². The minimum absolute atomic E-state index is 0.171. The summed E-state index contributed by atoms with van der Waals surface area (Å²) < 4.78 is 13.3. The van der Waals surface area contributed by atoms with Crippen LogP contribution in [0, 0.1) is 5.82 Å². The highest BCUT2D eigenvalue weighted by Gasteiger charge is 2.20. The van der Waals surface area contributed by atoms with Crippen molar-refractivity contribution in [2.45, 2.75) is 12.3 Å². The zero-order valence-corrected chi connectivity index (χ0v) is 7.39. The molecular formula is C10H13FN2. The van der Waals surface area contributed by atoms with Gasteiger partial charge in [-0.25, -0.2) is 4.39 Å². The zero-order chi connectivity index (χ0) is 9.26. The fourth-order valence-electron chi connectivity index (χ4n) is 1.84. The van der Waals surface area contributed by atoms with Gasteiger partial charge in [-0.15, -0.1) is 0 Å². The van der Waals surface area contributed by atoms with Crippen molar-refractivity contribution in [2.75, 3.05) is 18.4 Å². The molecule has 0 fully saturated rings. The van der Waals surface area contributed by atoms with Crippen molar-refractivity contribution in [1.29, 1.82) is 0 Å². The molecule has 0 saturated carbocycles. The molecule has 0 radical (unpaired) electrons. The van der Waals surface area contributed by atoms with Crippen LogP contribution in [0.15, 0.2) is 18.2 Å². The molecule has 1 aromatic carbocycles. The summed E-state index contributed by atoms with van der Waals surface area (Å²) >= 11 is 0. The Morgan fingerprint density at radius 2 is 2.38 bits per heavy atom. The van der Waals surface area contributed by atoms with Gasteiger partial charge in [-0.3, -0.25) is 0 Å². The Morgan fingerprint density at radius 3 is 3.15 bits per heavy atom. The summed E-state index contributed by atoms with van der Waals surface area (Å²) in [7, 11) is 0. The smallest absolute Gasteiger partial charge is 0.146 e. The highest BCUT2D eigenvalue weighted by molar-refractivity contribution is 5.55. The first kappa shape index (κ1) is 8.51. The average molecular weight is 180 g/mol.